The third-order valence-corrected chi connectivity index (χ3v) is 6.77. The smallest absolute Gasteiger partial charge is 0.265 e. The first kappa shape index (κ1) is 15.6. The molecule has 0 radical (unpaired) electrons. The van der Waals surface area contributed by atoms with E-state index >= 15 is 0 Å². The molecule has 5 heteroatoms. The average molecular weight is 342 g/mol. The molecule has 0 bridgehead atoms. The Morgan fingerprint density at radius 1 is 1.28 bits per heavy atom. The molecule has 3 fully saturated rings. The van der Waals surface area contributed by atoms with Gasteiger partial charge >= 0.3 is 0 Å². The summed E-state index contributed by atoms with van der Waals surface area (Å²) in [6.07, 6.45) is 6.68. The lowest BCUT2D eigenvalue weighted by atomic mass is 9.46. The van der Waals surface area contributed by atoms with Gasteiger partial charge in [0.25, 0.3) is 5.91 Å². The van der Waals surface area contributed by atoms with Gasteiger partial charge in [0.1, 0.15) is 5.75 Å². The van der Waals surface area contributed by atoms with Crippen molar-refractivity contribution >= 4 is 11.6 Å². The molecule has 1 spiro atoms. The molecule has 25 heavy (non-hydrogen) atoms. The Morgan fingerprint density at radius 2 is 2.16 bits per heavy atom. The van der Waals surface area contributed by atoms with Crippen LogP contribution < -0.4 is 15.0 Å². The van der Waals surface area contributed by atoms with E-state index in [0.717, 1.165) is 37.6 Å². The first-order valence-corrected chi connectivity index (χ1v) is 9.67. The van der Waals surface area contributed by atoms with Crippen molar-refractivity contribution in [2.45, 2.75) is 44.2 Å². The molecular formula is C20H26N2O3. The van der Waals surface area contributed by atoms with Gasteiger partial charge < -0.3 is 19.7 Å². The van der Waals surface area contributed by atoms with Crippen LogP contribution in [0.1, 0.15) is 32.1 Å². The highest BCUT2D eigenvalue weighted by molar-refractivity contribution is 5.97. The minimum absolute atomic E-state index is 0.0575. The van der Waals surface area contributed by atoms with Gasteiger partial charge in [-0.2, -0.15) is 0 Å². The molecule has 1 saturated heterocycles. The second kappa shape index (κ2) is 5.99. The molecule has 2 heterocycles. The molecule has 134 valence electrons. The lowest BCUT2D eigenvalue weighted by molar-refractivity contribution is -0.175. The first-order valence-electron chi connectivity index (χ1n) is 9.67. The molecule has 1 N–H and O–H groups in total. The van der Waals surface area contributed by atoms with Crippen LogP contribution in [0.25, 0.3) is 0 Å². The van der Waals surface area contributed by atoms with Crippen molar-refractivity contribution in [3.63, 3.8) is 0 Å². The van der Waals surface area contributed by atoms with Gasteiger partial charge in [0.2, 0.25) is 0 Å². The fourth-order valence-electron chi connectivity index (χ4n) is 5.45. The van der Waals surface area contributed by atoms with E-state index in [1.807, 2.05) is 29.2 Å². The highest BCUT2D eigenvalue weighted by Gasteiger charge is 2.66. The Morgan fingerprint density at radius 3 is 3.00 bits per heavy atom. The van der Waals surface area contributed by atoms with Crippen molar-refractivity contribution in [3.05, 3.63) is 24.3 Å². The van der Waals surface area contributed by atoms with Crippen LogP contribution >= 0.6 is 0 Å². The minimum Gasteiger partial charge on any atom is -0.482 e. The summed E-state index contributed by atoms with van der Waals surface area (Å²) < 4.78 is 11.5. The van der Waals surface area contributed by atoms with Gasteiger partial charge in [-0.15, -0.1) is 0 Å². The van der Waals surface area contributed by atoms with Crippen LogP contribution in [0.4, 0.5) is 5.69 Å². The molecule has 5 rings (SSSR count). The van der Waals surface area contributed by atoms with Crippen LogP contribution in [0, 0.1) is 11.3 Å². The van der Waals surface area contributed by atoms with E-state index < -0.39 is 0 Å². The number of rotatable bonds is 5. The maximum Gasteiger partial charge on any atom is 0.265 e. The lowest BCUT2D eigenvalue weighted by Crippen LogP contribution is -2.71. The number of benzene rings is 1. The molecule has 2 saturated carbocycles. The zero-order chi connectivity index (χ0) is 16.9. The van der Waals surface area contributed by atoms with Crippen LogP contribution in [-0.2, 0) is 9.53 Å². The van der Waals surface area contributed by atoms with Gasteiger partial charge in [0.05, 0.1) is 11.8 Å². The van der Waals surface area contributed by atoms with Gasteiger partial charge in [0.15, 0.2) is 6.61 Å². The summed E-state index contributed by atoms with van der Waals surface area (Å²) in [7, 11) is 0. The monoisotopic (exact) mass is 342 g/mol. The number of fused-ring (bicyclic) bond motifs is 3. The van der Waals surface area contributed by atoms with Gasteiger partial charge in [-0.05, 0) is 44.4 Å². The summed E-state index contributed by atoms with van der Waals surface area (Å²) in [5.41, 5.74) is 1.34. The molecule has 1 amide bonds. The molecule has 5 nitrogen and oxygen atoms in total. The van der Waals surface area contributed by atoms with Gasteiger partial charge in [0, 0.05) is 30.5 Å². The predicted octanol–water partition coefficient (Wildman–Crippen LogP) is 2.35. The molecule has 1 aromatic carbocycles. The Bertz CT molecular complexity index is 673. The number of carbonyl (C=O) groups excluding carboxylic acids is 1. The fourth-order valence-corrected chi connectivity index (χ4v) is 5.45. The van der Waals surface area contributed by atoms with Crippen LogP contribution in [0.3, 0.4) is 0 Å². The van der Waals surface area contributed by atoms with Crippen molar-refractivity contribution < 1.29 is 14.3 Å². The second-order valence-electron chi connectivity index (χ2n) is 7.92. The van der Waals surface area contributed by atoms with Gasteiger partial charge in [-0.3, -0.25) is 4.79 Å². The molecule has 0 unspecified atom stereocenters. The summed E-state index contributed by atoms with van der Waals surface area (Å²) in [6, 6.07) is 8.43. The van der Waals surface area contributed by atoms with E-state index in [1.54, 1.807) is 0 Å². The van der Waals surface area contributed by atoms with E-state index in [2.05, 4.69) is 5.32 Å². The normalized spacial score (nSPS) is 31.8. The van der Waals surface area contributed by atoms with E-state index in [9.17, 15) is 4.79 Å². The van der Waals surface area contributed by atoms with Crippen molar-refractivity contribution in [2.75, 3.05) is 31.2 Å². The van der Waals surface area contributed by atoms with Crippen molar-refractivity contribution in [1.82, 2.24) is 5.32 Å². The van der Waals surface area contributed by atoms with E-state index in [4.69, 9.17) is 9.47 Å². The van der Waals surface area contributed by atoms with Crippen molar-refractivity contribution in [2.24, 2.45) is 11.3 Å². The van der Waals surface area contributed by atoms with Crippen LogP contribution in [0.2, 0.25) is 0 Å². The van der Waals surface area contributed by atoms with Gasteiger partial charge in [-0.1, -0.05) is 18.6 Å². The fraction of sp³-hybridized carbons (Fsp3) is 0.650. The third kappa shape index (κ3) is 2.32. The summed E-state index contributed by atoms with van der Waals surface area (Å²) in [5.74, 6) is 1.58. The molecule has 2 aliphatic heterocycles. The second-order valence-corrected chi connectivity index (χ2v) is 7.92. The van der Waals surface area contributed by atoms with Crippen molar-refractivity contribution in [1.29, 1.82) is 0 Å². The summed E-state index contributed by atoms with van der Waals surface area (Å²) in [5, 5.41) is 3.81. The highest BCUT2D eigenvalue weighted by atomic mass is 16.5. The molecule has 1 aromatic rings. The Kier molecular flexibility index (Phi) is 3.75. The lowest BCUT2D eigenvalue weighted by Gasteiger charge is -2.63. The first-order chi connectivity index (χ1) is 12.3. The van der Waals surface area contributed by atoms with Gasteiger partial charge in [-0.25, -0.2) is 0 Å². The standard InChI is InChI=1S/C20H26N2O3/c23-17-13-25-16-6-2-1-5-15(16)22(17)11-4-10-21-18-14-7-12-24-19(14)20(18)8-3-9-20/h1-2,5-6,14,18-19,21H,3-4,7-13H2/t14-,18-,19-/m1/s1. The molecule has 0 aromatic heterocycles. The summed E-state index contributed by atoms with van der Waals surface area (Å²) in [4.78, 5) is 14.1. The molecule has 4 aliphatic rings. The summed E-state index contributed by atoms with van der Waals surface area (Å²) >= 11 is 0. The average Bonchev–Trinajstić information content (AvgIpc) is 3.00. The molecule has 3 atom stereocenters. The number of amides is 1. The third-order valence-electron chi connectivity index (χ3n) is 6.77. The zero-order valence-corrected chi connectivity index (χ0v) is 14.6. The number of anilines is 1. The maximum atomic E-state index is 12.2. The minimum atomic E-state index is 0.0575. The summed E-state index contributed by atoms with van der Waals surface area (Å²) in [6.45, 7) is 2.80. The Hall–Kier alpha value is -1.59. The number of hydrogen-bond acceptors (Lipinski definition) is 4. The highest BCUT2D eigenvalue weighted by Crippen LogP contribution is 2.62. The zero-order valence-electron chi connectivity index (χ0n) is 14.6. The number of ether oxygens (including phenoxy) is 2. The largest absolute Gasteiger partial charge is 0.482 e. The number of nitrogens with zero attached hydrogens (tertiary/aromatic N) is 1. The Balaban J connectivity index is 1.17. The Labute approximate surface area is 148 Å². The van der Waals surface area contributed by atoms with Crippen LogP contribution in [0.15, 0.2) is 24.3 Å². The predicted molar refractivity (Wildman–Crippen MR) is 94.8 cm³/mol. The van der Waals surface area contributed by atoms with E-state index in [0.29, 0.717) is 23.5 Å². The quantitative estimate of drug-likeness (QED) is 0.835. The maximum absolute atomic E-state index is 12.2. The van der Waals surface area contributed by atoms with E-state index in [1.165, 1.54) is 25.7 Å². The SMILES string of the molecule is O=C1COc2ccccc2N1CCCN[C@@H]1[C@H]2CCO[C@H]2C12CCC2. The number of hydrogen-bond donors (Lipinski definition) is 1. The van der Waals surface area contributed by atoms with Crippen molar-refractivity contribution in [3.8, 4) is 5.75 Å². The molecular weight excluding hydrogens is 316 g/mol. The van der Waals surface area contributed by atoms with Crippen LogP contribution in [0.5, 0.6) is 5.75 Å². The number of nitrogens with one attached hydrogen (secondary N) is 1. The molecule has 2 aliphatic carbocycles. The topological polar surface area (TPSA) is 50.8 Å². The van der Waals surface area contributed by atoms with E-state index in [-0.39, 0.29) is 12.5 Å². The number of para-hydroxylation sites is 2. The number of carbonyl (C=O) groups is 1. The van der Waals surface area contributed by atoms with Crippen LogP contribution in [-0.4, -0.2) is 44.4 Å².